The van der Waals surface area contributed by atoms with Crippen LogP contribution in [0.4, 0.5) is 0 Å². The van der Waals surface area contributed by atoms with Gasteiger partial charge < -0.3 is 14.2 Å². The molecule has 7 heteroatoms. The number of benzene rings is 2. The molecule has 24 heavy (non-hydrogen) atoms. The van der Waals surface area contributed by atoms with Crippen LogP contribution < -0.4 is 19.6 Å². The number of methoxy groups -OCH3 is 1. The Bertz CT molecular complexity index is 775. The fourth-order valence-electron chi connectivity index (χ4n) is 2.15. The molecule has 1 heterocycles. The smallest absolute Gasteiger partial charge is 0.271 e. The second kappa shape index (κ2) is 7.35. The average Bonchev–Trinajstić information content (AvgIpc) is 2.62. The molecule has 1 aliphatic rings. The number of carbonyl (C=O) groups is 1. The van der Waals surface area contributed by atoms with Gasteiger partial charge in [-0.25, -0.2) is 5.43 Å². The van der Waals surface area contributed by atoms with Crippen molar-refractivity contribution >= 4 is 28.1 Å². The lowest BCUT2D eigenvalue weighted by Gasteiger charge is -2.19. The predicted molar refractivity (Wildman–Crippen MR) is 93.2 cm³/mol. The van der Waals surface area contributed by atoms with Crippen LogP contribution in [0.2, 0.25) is 0 Å². The molecule has 0 saturated carbocycles. The molecule has 0 fully saturated rings. The van der Waals surface area contributed by atoms with Crippen LogP contribution in [0.1, 0.15) is 15.9 Å². The predicted octanol–water partition coefficient (Wildman–Crippen LogP) is 2.99. The number of nitrogens with one attached hydrogen (secondary N) is 1. The molecule has 0 saturated heterocycles. The number of rotatable bonds is 4. The number of hydrogen-bond acceptors (Lipinski definition) is 5. The van der Waals surface area contributed by atoms with Crippen LogP contribution in [0.15, 0.2) is 46.0 Å². The fraction of sp³-hybridized carbons (Fsp3) is 0.176. The van der Waals surface area contributed by atoms with Gasteiger partial charge in [0.15, 0.2) is 11.5 Å². The van der Waals surface area contributed by atoms with Crippen LogP contribution >= 0.6 is 15.9 Å². The van der Waals surface area contributed by atoms with Crippen molar-refractivity contribution in [2.24, 2.45) is 5.10 Å². The Kier molecular flexibility index (Phi) is 5.00. The van der Waals surface area contributed by atoms with Crippen molar-refractivity contribution in [3.8, 4) is 17.2 Å². The third-order valence-electron chi connectivity index (χ3n) is 3.38. The van der Waals surface area contributed by atoms with E-state index in [1.165, 1.54) is 0 Å². The standard InChI is InChI=1S/C17H15BrN2O4/c1-22-13-4-2-11(3-5-13)17(21)20-19-10-12-8-15-16(9-14(12)18)24-7-6-23-15/h2-5,8-10H,6-7H2,1H3,(H,20,21)/b19-10+. The summed E-state index contributed by atoms with van der Waals surface area (Å²) in [4.78, 5) is 12.0. The van der Waals surface area contributed by atoms with Crippen LogP contribution in [0.25, 0.3) is 0 Å². The fourth-order valence-corrected chi connectivity index (χ4v) is 2.57. The maximum atomic E-state index is 12.0. The van der Waals surface area contributed by atoms with Crippen LogP contribution in [-0.4, -0.2) is 32.4 Å². The summed E-state index contributed by atoms with van der Waals surface area (Å²) in [6.45, 7) is 1.05. The zero-order valence-corrected chi connectivity index (χ0v) is 14.5. The van der Waals surface area contributed by atoms with E-state index in [1.807, 2.05) is 12.1 Å². The molecule has 0 radical (unpaired) electrons. The van der Waals surface area contributed by atoms with E-state index in [0.717, 1.165) is 10.0 Å². The molecule has 0 bridgehead atoms. The molecular weight excluding hydrogens is 376 g/mol. The van der Waals surface area contributed by atoms with Crippen molar-refractivity contribution < 1.29 is 19.0 Å². The van der Waals surface area contributed by atoms with Crippen molar-refractivity contribution in [1.82, 2.24) is 5.43 Å². The summed E-state index contributed by atoms with van der Waals surface area (Å²) in [5, 5.41) is 3.99. The summed E-state index contributed by atoms with van der Waals surface area (Å²) in [5.74, 6) is 1.73. The lowest BCUT2D eigenvalue weighted by Crippen LogP contribution is -2.18. The van der Waals surface area contributed by atoms with Crippen molar-refractivity contribution in [2.45, 2.75) is 0 Å². The molecule has 0 unspecified atom stereocenters. The van der Waals surface area contributed by atoms with Gasteiger partial charge in [0, 0.05) is 15.6 Å². The molecule has 0 aromatic heterocycles. The van der Waals surface area contributed by atoms with Crippen LogP contribution in [0, 0.1) is 0 Å². The molecule has 124 valence electrons. The monoisotopic (exact) mass is 390 g/mol. The highest BCUT2D eigenvalue weighted by atomic mass is 79.9. The summed E-state index contributed by atoms with van der Waals surface area (Å²) in [6, 6.07) is 10.4. The highest BCUT2D eigenvalue weighted by Gasteiger charge is 2.14. The second-order valence-electron chi connectivity index (χ2n) is 4.95. The quantitative estimate of drug-likeness (QED) is 0.643. The van der Waals surface area contributed by atoms with Crippen LogP contribution in [0.3, 0.4) is 0 Å². The largest absolute Gasteiger partial charge is 0.497 e. The summed E-state index contributed by atoms with van der Waals surface area (Å²) >= 11 is 3.45. The van der Waals surface area contributed by atoms with E-state index < -0.39 is 0 Å². The van der Waals surface area contributed by atoms with Gasteiger partial charge in [0.1, 0.15) is 19.0 Å². The number of hydrazone groups is 1. The number of halogens is 1. The molecule has 1 aliphatic heterocycles. The normalized spacial score (nSPS) is 12.9. The number of fused-ring (bicyclic) bond motifs is 1. The lowest BCUT2D eigenvalue weighted by molar-refractivity contribution is 0.0955. The zero-order valence-electron chi connectivity index (χ0n) is 12.9. The minimum absolute atomic E-state index is 0.303. The Morgan fingerprint density at radius 1 is 1.21 bits per heavy atom. The zero-order chi connectivity index (χ0) is 16.9. The second-order valence-corrected chi connectivity index (χ2v) is 5.80. The molecule has 2 aromatic rings. The molecule has 0 spiro atoms. The van der Waals surface area contributed by atoms with Gasteiger partial charge in [0.2, 0.25) is 0 Å². The number of carbonyl (C=O) groups excluding carboxylic acids is 1. The molecule has 6 nitrogen and oxygen atoms in total. The molecule has 0 aliphatic carbocycles. The van der Waals surface area contributed by atoms with Crippen molar-refractivity contribution in [2.75, 3.05) is 20.3 Å². The van der Waals surface area contributed by atoms with E-state index in [2.05, 4.69) is 26.5 Å². The van der Waals surface area contributed by atoms with Crippen molar-refractivity contribution in [3.63, 3.8) is 0 Å². The summed E-state index contributed by atoms with van der Waals surface area (Å²) in [7, 11) is 1.57. The molecule has 0 atom stereocenters. The number of ether oxygens (including phenoxy) is 3. The molecule has 3 rings (SSSR count). The maximum absolute atomic E-state index is 12.0. The molecule has 2 aromatic carbocycles. The molecule has 1 N–H and O–H groups in total. The Hall–Kier alpha value is -2.54. The lowest BCUT2D eigenvalue weighted by atomic mass is 10.2. The minimum Gasteiger partial charge on any atom is -0.497 e. The van der Waals surface area contributed by atoms with Gasteiger partial charge in [-0.05, 0) is 52.3 Å². The summed E-state index contributed by atoms with van der Waals surface area (Å²) < 4.78 is 16.9. The number of hydrogen-bond donors (Lipinski definition) is 1. The minimum atomic E-state index is -0.303. The maximum Gasteiger partial charge on any atom is 0.271 e. The van der Waals surface area contributed by atoms with Crippen LogP contribution in [0.5, 0.6) is 17.2 Å². The Balaban J connectivity index is 1.68. The van der Waals surface area contributed by atoms with Crippen molar-refractivity contribution in [3.05, 3.63) is 52.0 Å². The van der Waals surface area contributed by atoms with E-state index in [1.54, 1.807) is 37.6 Å². The van der Waals surface area contributed by atoms with E-state index >= 15 is 0 Å². The average molecular weight is 391 g/mol. The third kappa shape index (κ3) is 3.68. The van der Waals surface area contributed by atoms with Gasteiger partial charge in [-0.3, -0.25) is 4.79 Å². The van der Waals surface area contributed by atoms with Gasteiger partial charge in [0.25, 0.3) is 5.91 Å². The number of amides is 1. The van der Waals surface area contributed by atoms with E-state index in [0.29, 0.717) is 36.0 Å². The van der Waals surface area contributed by atoms with Crippen molar-refractivity contribution in [1.29, 1.82) is 0 Å². The van der Waals surface area contributed by atoms with Gasteiger partial charge in [-0.2, -0.15) is 5.10 Å². The topological polar surface area (TPSA) is 69.2 Å². The highest BCUT2D eigenvalue weighted by molar-refractivity contribution is 9.10. The first-order valence-corrected chi connectivity index (χ1v) is 8.03. The summed E-state index contributed by atoms with van der Waals surface area (Å²) in [6.07, 6.45) is 1.55. The first kappa shape index (κ1) is 16.3. The number of nitrogens with zero attached hydrogens (tertiary/aromatic N) is 1. The van der Waals surface area contributed by atoms with E-state index in [-0.39, 0.29) is 5.91 Å². The summed E-state index contributed by atoms with van der Waals surface area (Å²) in [5.41, 5.74) is 3.76. The SMILES string of the molecule is COc1ccc(C(=O)N/N=C/c2cc3c(cc2Br)OCCO3)cc1. The molecule has 1 amide bonds. The van der Waals surface area contributed by atoms with Gasteiger partial charge in [-0.1, -0.05) is 0 Å². The Morgan fingerprint density at radius 2 is 1.88 bits per heavy atom. The van der Waals surface area contributed by atoms with E-state index in [9.17, 15) is 4.79 Å². The van der Waals surface area contributed by atoms with Gasteiger partial charge in [-0.15, -0.1) is 0 Å². The Labute approximate surface area is 147 Å². The first-order valence-electron chi connectivity index (χ1n) is 7.24. The first-order chi connectivity index (χ1) is 11.7. The Morgan fingerprint density at radius 3 is 2.54 bits per heavy atom. The van der Waals surface area contributed by atoms with Crippen LogP contribution in [-0.2, 0) is 0 Å². The van der Waals surface area contributed by atoms with E-state index in [4.69, 9.17) is 14.2 Å². The van der Waals surface area contributed by atoms with Gasteiger partial charge in [0.05, 0.1) is 13.3 Å². The highest BCUT2D eigenvalue weighted by Crippen LogP contribution is 2.34. The van der Waals surface area contributed by atoms with Gasteiger partial charge >= 0.3 is 0 Å². The molecular formula is C17H15BrN2O4. The third-order valence-corrected chi connectivity index (χ3v) is 4.07.